The molecule has 2 rings (SSSR count). The van der Waals surface area contributed by atoms with Gasteiger partial charge in [0.25, 0.3) is 0 Å². The Morgan fingerprint density at radius 3 is 2.19 bits per heavy atom. The molecule has 0 unspecified atom stereocenters. The van der Waals surface area contributed by atoms with E-state index >= 15 is 0 Å². The minimum absolute atomic E-state index is 0.720. The summed E-state index contributed by atoms with van der Waals surface area (Å²) in [4.78, 5) is 1.01. The van der Waals surface area contributed by atoms with E-state index in [-0.39, 0.29) is 0 Å². The van der Waals surface area contributed by atoms with Crippen molar-refractivity contribution >= 4 is 23.1 Å². The van der Waals surface area contributed by atoms with E-state index in [2.05, 4.69) is 43.4 Å². The van der Waals surface area contributed by atoms with Crippen LogP contribution in [0.3, 0.4) is 0 Å². The molecule has 2 aromatic rings. The van der Waals surface area contributed by atoms with Crippen molar-refractivity contribution in [3.8, 4) is 6.07 Å². The molecule has 2 aromatic carbocycles. The van der Waals surface area contributed by atoms with Gasteiger partial charge < -0.3 is 5.32 Å². The highest BCUT2D eigenvalue weighted by molar-refractivity contribution is 7.98. The fourth-order valence-electron chi connectivity index (χ4n) is 2.46. The Morgan fingerprint density at radius 2 is 1.67 bits per heavy atom. The number of rotatable bonds is 5. The zero-order valence-corrected chi connectivity index (χ0v) is 13.6. The van der Waals surface area contributed by atoms with E-state index in [1.54, 1.807) is 11.8 Å². The zero-order valence-electron chi connectivity index (χ0n) is 12.7. The van der Waals surface area contributed by atoms with Gasteiger partial charge in [0.1, 0.15) is 6.07 Å². The minimum atomic E-state index is 0.720. The lowest BCUT2D eigenvalue weighted by Gasteiger charge is -2.17. The topological polar surface area (TPSA) is 35.8 Å². The van der Waals surface area contributed by atoms with E-state index in [1.165, 1.54) is 11.1 Å². The lowest BCUT2D eigenvalue weighted by molar-refractivity contribution is 1.09. The van der Waals surface area contributed by atoms with Crippen LogP contribution in [0.5, 0.6) is 0 Å². The second-order valence-electron chi connectivity index (χ2n) is 4.78. The maximum Gasteiger partial charge on any atom is 0.103 e. The number of thioether (sulfide) groups is 1. The van der Waals surface area contributed by atoms with Gasteiger partial charge in [-0.2, -0.15) is 5.26 Å². The van der Waals surface area contributed by atoms with Gasteiger partial charge in [-0.05, 0) is 42.4 Å². The summed E-state index contributed by atoms with van der Waals surface area (Å²) in [5.41, 5.74) is 5.33. The number of nitrogens with one attached hydrogen (secondary N) is 1. The normalized spacial score (nSPS) is 10.2. The molecule has 0 amide bonds. The first-order chi connectivity index (χ1) is 10.2. The molecular weight excluding hydrogens is 276 g/mol. The maximum atomic E-state index is 9.46. The highest BCUT2D eigenvalue weighted by atomic mass is 32.2. The second kappa shape index (κ2) is 7.19. The monoisotopic (exact) mass is 296 g/mol. The third-order valence-corrected chi connectivity index (χ3v) is 4.40. The molecule has 0 radical (unpaired) electrons. The number of nitrogens with zero attached hydrogens (tertiary/aromatic N) is 1. The first-order valence-electron chi connectivity index (χ1n) is 7.20. The van der Waals surface area contributed by atoms with Crippen LogP contribution in [0, 0.1) is 11.3 Å². The third-order valence-electron chi connectivity index (χ3n) is 3.62. The molecule has 0 saturated carbocycles. The summed E-state index contributed by atoms with van der Waals surface area (Å²) in [6.07, 6.45) is 3.94. The van der Waals surface area contributed by atoms with Gasteiger partial charge in [-0.3, -0.25) is 0 Å². The van der Waals surface area contributed by atoms with Gasteiger partial charge in [0.2, 0.25) is 0 Å². The fraction of sp³-hybridized carbons (Fsp3) is 0.278. The second-order valence-corrected chi connectivity index (χ2v) is 5.63. The zero-order chi connectivity index (χ0) is 15.2. The largest absolute Gasteiger partial charge is 0.354 e. The van der Waals surface area contributed by atoms with Gasteiger partial charge in [0.05, 0.1) is 11.3 Å². The van der Waals surface area contributed by atoms with Gasteiger partial charge in [0, 0.05) is 10.6 Å². The number of para-hydroxylation sites is 1. The van der Waals surface area contributed by atoms with Crippen LogP contribution in [0.1, 0.15) is 30.5 Å². The lowest BCUT2D eigenvalue weighted by atomic mass is 10.0. The van der Waals surface area contributed by atoms with Crippen LogP contribution in [-0.2, 0) is 12.8 Å². The standard InChI is InChI=1S/C18H20N2S/c1-4-13-8-6-9-14(5-2)18(13)20-16-10-7-11-17(21-3)15(16)12-19/h6-11,20H,4-5H2,1-3H3. The first-order valence-corrected chi connectivity index (χ1v) is 8.42. The summed E-state index contributed by atoms with van der Waals surface area (Å²) >= 11 is 1.60. The molecule has 0 atom stereocenters. The van der Waals surface area contributed by atoms with Gasteiger partial charge in [0.15, 0.2) is 0 Å². The number of hydrogen-bond donors (Lipinski definition) is 1. The molecule has 21 heavy (non-hydrogen) atoms. The molecule has 108 valence electrons. The number of hydrogen-bond acceptors (Lipinski definition) is 3. The Labute approximate surface area is 131 Å². The summed E-state index contributed by atoms with van der Waals surface area (Å²) in [6, 6.07) is 14.7. The SMILES string of the molecule is CCc1cccc(CC)c1Nc1cccc(SC)c1C#N. The summed E-state index contributed by atoms with van der Waals surface area (Å²) in [5, 5.41) is 13.0. The van der Waals surface area contributed by atoms with Crippen LogP contribution in [0.15, 0.2) is 41.3 Å². The molecule has 0 aliphatic carbocycles. The average molecular weight is 296 g/mol. The van der Waals surface area contributed by atoms with E-state index in [0.717, 1.165) is 34.7 Å². The van der Waals surface area contributed by atoms with Crippen LogP contribution in [0.4, 0.5) is 11.4 Å². The third kappa shape index (κ3) is 3.22. The minimum Gasteiger partial charge on any atom is -0.354 e. The predicted molar refractivity (Wildman–Crippen MR) is 91.4 cm³/mol. The van der Waals surface area contributed by atoms with E-state index in [9.17, 15) is 5.26 Å². The highest BCUT2D eigenvalue weighted by Crippen LogP contribution is 2.31. The Balaban J connectivity index is 2.51. The molecule has 0 saturated heterocycles. The molecular formula is C18H20N2S. The molecule has 0 fully saturated rings. The van der Waals surface area contributed by atoms with Gasteiger partial charge in [-0.1, -0.05) is 38.1 Å². The molecule has 0 aliphatic rings. The molecule has 0 spiro atoms. The molecule has 0 heterocycles. The van der Waals surface area contributed by atoms with Crippen LogP contribution < -0.4 is 5.32 Å². The molecule has 0 bridgehead atoms. The quantitative estimate of drug-likeness (QED) is 0.775. The maximum absolute atomic E-state index is 9.46. The van der Waals surface area contributed by atoms with Crippen molar-refractivity contribution in [1.29, 1.82) is 5.26 Å². The van der Waals surface area contributed by atoms with Crippen molar-refractivity contribution in [2.75, 3.05) is 11.6 Å². The van der Waals surface area contributed by atoms with E-state index in [4.69, 9.17) is 0 Å². The van der Waals surface area contributed by atoms with Gasteiger partial charge in [-0.15, -0.1) is 11.8 Å². The number of nitriles is 1. The predicted octanol–water partition coefficient (Wildman–Crippen LogP) is 5.15. The highest BCUT2D eigenvalue weighted by Gasteiger charge is 2.11. The van der Waals surface area contributed by atoms with E-state index in [0.29, 0.717) is 0 Å². The lowest BCUT2D eigenvalue weighted by Crippen LogP contribution is -2.02. The summed E-state index contributed by atoms with van der Waals surface area (Å²) in [5.74, 6) is 0. The summed E-state index contributed by atoms with van der Waals surface area (Å²) in [7, 11) is 0. The smallest absolute Gasteiger partial charge is 0.103 e. The number of benzene rings is 2. The van der Waals surface area contributed by atoms with Crippen molar-refractivity contribution in [3.05, 3.63) is 53.1 Å². The van der Waals surface area contributed by atoms with Crippen molar-refractivity contribution in [1.82, 2.24) is 0 Å². The van der Waals surface area contributed by atoms with Crippen LogP contribution >= 0.6 is 11.8 Å². The van der Waals surface area contributed by atoms with Crippen molar-refractivity contribution in [3.63, 3.8) is 0 Å². The molecule has 2 nitrogen and oxygen atoms in total. The number of aryl methyl sites for hydroxylation is 2. The van der Waals surface area contributed by atoms with Gasteiger partial charge in [-0.25, -0.2) is 0 Å². The number of anilines is 2. The van der Waals surface area contributed by atoms with Crippen molar-refractivity contribution in [2.45, 2.75) is 31.6 Å². The molecule has 3 heteroatoms. The molecule has 0 aromatic heterocycles. The molecule has 0 aliphatic heterocycles. The summed E-state index contributed by atoms with van der Waals surface area (Å²) < 4.78 is 0. The Bertz CT molecular complexity index is 649. The van der Waals surface area contributed by atoms with E-state index in [1.807, 2.05) is 24.5 Å². The van der Waals surface area contributed by atoms with Crippen molar-refractivity contribution < 1.29 is 0 Å². The van der Waals surface area contributed by atoms with Crippen LogP contribution in [0.2, 0.25) is 0 Å². The fourth-order valence-corrected chi connectivity index (χ4v) is 3.03. The molecule has 1 N–H and O–H groups in total. The average Bonchev–Trinajstić information content (AvgIpc) is 2.54. The van der Waals surface area contributed by atoms with Crippen LogP contribution in [-0.4, -0.2) is 6.26 Å². The van der Waals surface area contributed by atoms with Crippen molar-refractivity contribution in [2.24, 2.45) is 0 Å². The summed E-state index contributed by atoms with van der Waals surface area (Å²) in [6.45, 7) is 4.31. The Morgan fingerprint density at radius 1 is 1.05 bits per heavy atom. The Hall–Kier alpha value is -1.92. The van der Waals surface area contributed by atoms with E-state index < -0.39 is 0 Å². The van der Waals surface area contributed by atoms with Gasteiger partial charge >= 0.3 is 0 Å². The Kier molecular flexibility index (Phi) is 5.30. The first kappa shape index (κ1) is 15.5. The van der Waals surface area contributed by atoms with Crippen LogP contribution in [0.25, 0.3) is 0 Å².